The maximum Gasteiger partial charge on any atom is 0.329 e. The number of hydrazone groups is 1. The molecule has 10 nitrogen and oxygen atoms in total. The van der Waals surface area contributed by atoms with Crippen LogP contribution >= 0.6 is 0 Å². The van der Waals surface area contributed by atoms with Crippen LogP contribution < -0.4 is 30.3 Å². The normalized spacial score (nSPS) is 11.7. The molecule has 3 amide bonds. The summed E-state index contributed by atoms with van der Waals surface area (Å²) in [5.41, 5.74) is 4.43. The first-order valence-corrected chi connectivity index (χ1v) is 11.1. The third-order valence-corrected chi connectivity index (χ3v) is 5.08. The van der Waals surface area contributed by atoms with E-state index in [0.717, 1.165) is 11.1 Å². The summed E-state index contributed by atoms with van der Waals surface area (Å²) in [5.74, 6) is -0.426. The summed E-state index contributed by atoms with van der Waals surface area (Å²) >= 11 is 0. The third kappa shape index (κ3) is 6.83. The number of nitrogens with one attached hydrogen (secondary N) is 3. The molecular weight excluding hydrogens is 464 g/mol. The average Bonchev–Trinajstić information content (AvgIpc) is 3.38. The number of fused-ring (bicyclic) bond motifs is 1. The molecule has 0 saturated carbocycles. The molecule has 1 aliphatic rings. The van der Waals surface area contributed by atoms with E-state index in [-0.39, 0.29) is 25.9 Å². The molecule has 0 aromatic heterocycles. The molecule has 0 fully saturated rings. The van der Waals surface area contributed by atoms with Crippen molar-refractivity contribution in [1.82, 2.24) is 16.1 Å². The number of rotatable bonds is 9. The first-order valence-electron chi connectivity index (χ1n) is 11.1. The first kappa shape index (κ1) is 24.3. The number of ether oxygens (including phenoxy) is 3. The van der Waals surface area contributed by atoms with Gasteiger partial charge < -0.3 is 24.8 Å². The van der Waals surface area contributed by atoms with Gasteiger partial charge in [-0.2, -0.15) is 5.10 Å². The molecule has 184 valence electrons. The molecule has 4 rings (SSSR count). The molecule has 3 aromatic rings. The van der Waals surface area contributed by atoms with E-state index in [1.165, 1.54) is 6.21 Å². The Bertz CT molecular complexity index is 1260. The molecule has 0 atom stereocenters. The van der Waals surface area contributed by atoms with Gasteiger partial charge in [0.05, 0.1) is 6.21 Å². The first-order chi connectivity index (χ1) is 17.6. The summed E-state index contributed by atoms with van der Waals surface area (Å²) < 4.78 is 16.1. The average molecular weight is 489 g/mol. The van der Waals surface area contributed by atoms with E-state index in [1.807, 2.05) is 30.3 Å². The van der Waals surface area contributed by atoms with Crippen molar-refractivity contribution >= 4 is 23.9 Å². The zero-order chi connectivity index (χ0) is 25.2. The van der Waals surface area contributed by atoms with Gasteiger partial charge in [0.1, 0.15) is 5.75 Å². The molecule has 0 unspecified atom stereocenters. The quantitative estimate of drug-likeness (QED) is 0.240. The molecule has 0 spiro atoms. The smallest absolute Gasteiger partial charge is 0.329 e. The lowest BCUT2D eigenvalue weighted by molar-refractivity contribution is -0.139. The third-order valence-electron chi connectivity index (χ3n) is 5.08. The highest BCUT2D eigenvalue weighted by molar-refractivity contribution is 6.35. The fraction of sp³-hybridized carbons (Fsp3) is 0.154. The summed E-state index contributed by atoms with van der Waals surface area (Å²) in [6.45, 7) is 0.498. The molecule has 1 aliphatic heterocycles. The number of benzene rings is 3. The zero-order valence-corrected chi connectivity index (χ0v) is 19.2. The second kappa shape index (κ2) is 12.0. The Kier molecular flexibility index (Phi) is 8.10. The van der Waals surface area contributed by atoms with Gasteiger partial charge in [-0.15, -0.1) is 0 Å². The molecule has 10 heteroatoms. The molecule has 1 heterocycles. The lowest BCUT2D eigenvalue weighted by Gasteiger charge is -2.09. The van der Waals surface area contributed by atoms with Crippen molar-refractivity contribution in [2.24, 2.45) is 5.10 Å². The maximum atomic E-state index is 12.1. The molecule has 0 radical (unpaired) electrons. The van der Waals surface area contributed by atoms with Crippen molar-refractivity contribution in [3.05, 3.63) is 89.5 Å². The predicted octanol–water partition coefficient (Wildman–Crippen LogP) is 1.88. The minimum Gasteiger partial charge on any atom is -0.483 e. The summed E-state index contributed by atoms with van der Waals surface area (Å²) in [7, 11) is 0. The second-order valence-electron chi connectivity index (χ2n) is 7.66. The van der Waals surface area contributed by atoms with Gasteiger partial charge in [-0.25, -0.2) is 5.43 Å². The Morgan fingerprint density at radius 2 is 1.58 bits per heavy atom. The number of hydrogen-bond acceptors (Lipinski definition) is 7. The van der Waals surface area contributed by atoms with Crippen LogP contribution in [0.2, 0.25) is 0 Å². The lowest BCUT2D eigenvalue weighted by atomic mass is 10.2. The predicted molar refractivity (Wildman–Crippen MR) is 130 cm³/mol. The van der Waals surface area contributed by atoms with Crippen molar-refractivity contribution in [1.29, 1.82) is 0 Å². The van der Waals surface area contributed by atoms with Crippen LogP contribution in [-0.4, -0.2) is 37.3 Å². The summed E-state index contributed by atoms with van der Waals surface area (Å²) in [4.78, 5) is 36.3. The van der Waals surface area contributed by atoms with Crippen molar-refractivity contribution in [3.8, 4) is 17.2 Å². The standard InChI is InChI=1S/C26H24N4O6/c31-24(27-13-18-6-2-1-3-7-18)16-34-21-9-5-4-8-20(21)15-29-30-26(33)25(32)28-14-19-10-11-22-23(12-19)36-17-35-22/h1-12,15H,13-14,16-17H2,(H,27,31)(H,28,32)(H,30,33). The molecule has 0 saturated heterocycles. The monoisotopic (exact) mass is 488 g/mol. The molecule has 3 aromatic carbocycles. The fourth-order valence-corrected chi connectivity index (χ4v) is 3.23. The minimum atomic E-state index is -0.925. The number of nitrogens with zero attached hydrogens (tertiary/aromatic N) is 1. The van der Waals surface area contributed by atoms with Gasteiger partial charge in [-0.3, -0.25) is 14.4 Å². The fourth-order valence-electron chi connectivity index (χ4n) is 3.23. The Labute approximate surface area is 207 Å². The minimum absolute atomic E-state index is 0.135. The zero-order valence-electron chi connectivity index (χ0n) is 19.2. The van der Waals surface area contributed by atoms with Crippen LogP contribution in [0, 0.1) is 0 Å². The van der Waals surface area contributed by atoms with Gasteiger partial charge in [0.15, 0.2) is 18.1 Å². The Hall–Kier alpha value is -4.86. The van der Waals surface area contributed by atoms with Crippen molar-refractivity contribution in [2.45, 2.75) is 13.1 Å². The van der Waals surface area contributed by atoms with Gasteiger partial charge >= 0.3 is 11.8 Å². The van der Waals surface area contributed by atoms with Crippen LogP contribution in [0.15, 0.2) is 77.9 Å². The number of para-hydroxylation sites is 1. The van der Waals surface area contributed by atoms with E-state index in [2.05, 4.69) is 21.2 Å². The van der Waals surface area contributed by atoms with Crippen molar-refractivity contribution in [2.75, 3.05) is 13.4 Å². The number of carbonyl (C=O) groups is 3. The van der Waals surface area contributed by atoms with E-state index < -0.39 is 11.8 Å². The molecule has 3 N–H and O–H groups in total. The number of carbonyl (C=O) groups excluding carboxylic acids is 3. The van der Waals surface area contributed by atoms with Crippen molar-refractivity contribution in [3.63, 3.8) is 0 Å². The SMILES string of the molecule is O=C(COc1ccccc1C=NNC(=O)C(=O)NCc1ccc2c(c1)OCO2)NCc1ccccc1. The Morgan fingerprint density at radius 3 is 2.44 bits per heavy atom. The maximum absolute atomic E-state index is 12.1. The van der Waals surface area contributed by atoms with Gasteiger partial charge in [-0.05, 0) is 35.4 Å². The van der Waals surface area contributed by atoms with Crippen LogP contribution in [0.3, 0.4) is 0 Å². The van der Waals surface area contributed by atoms with Crippen LogP contribution in [0.1, 0.15) is 16.7 Å². The van der Waals surface area contributed by atoms with Crippen LogP contribution in [-0.2, 0) is 27.5 Å². The van der Waals surface area contributed by atoms with Gasteiger partial charge in [0, 0.05) is 18.7 Å². The second-order valence-corrected chi connectivity index (χ2v) is 7.66. The van der Waals surface area contributed by atoms with Gasteiger partial charge in [0.2, 0.25) is 6.79 Å². The molecular formula is C26H24N4O6. The van der Waals surface area contributed by atoms with Gasteiger partial charge in [-0.1, -0.05) is 48.5 Å². The highest BCUT2D eigenvalue weighted by atomic mass is 16.7. The summed E-state index contributed by atoms with van der Waals surface area (Å²) in [6.07, 6.45) is 1.33. The molecule has 0 aliphatic carbocycles. The molecule has 0 bridgehead atoms. The van der Waals surface area contributed by atoms with Crippen molar-refractivity contribution < 1.29 is 28.6 Å². The highest BCUT2D eigenvalue weighted by Gasteiger charge is 2.15. The van der Waals surface area contributed by atoms with E-state index >= 15 is 0 Å². The van der Waals surface area contributed by atoms with E-state index in [4.69, 9.17) is 14.2 Å². The topological polar surface area (TPSA) is 127 Å². The number of amides is 3. The van der Waals surface area contributed by atoms with Crippen LogP contribution in [0.25, 0.3) is 0 Å². The lowest BCUT2D eigenvalue weighted by Crippen LogP contribution is -2.37. The van der Waals surface area contributed by atoms with E-state index in [1.54, 1.807) is 42.5 Å². The van der Waals surface area contributed by atoms with Gasteiger partial charge in [0.25, 0.3) is 5.91 Å². The van der Waals surface area contributed by atoms with E-state index in [9.17, 15) is 14.4 Å². The van der Waals surface area contributed by atoms with Crippen LogP contribution in [0.5, 0.6) is 17.2 Å². The van der Waals surface area contributed by atoms with Crippen LogP contribution in [0.4, 0.5) is 0 Å². The van der Waals surface area contributed by atoms with E-state index in [0.29, 0.717) is 29.4 Å². The number of hydrogen-bond donors (Lipinski definition) is 3. The molecule has 36 heavy (non-hydrogen) atoms. The summed E-state index contributed by atoms with van der Waals surface area (Å²) in [6, 6.07) is 21.6. The highest BCUT2D eigenvalue weighted by Crippen LogP contribution is 2.32. The Balaban J connectivity index is 1.22. The summed E-state index contributed by atoms with van der Waals surface area (Å²) in [5, 5.41) is 9.13. The Morgan fingerprint density at radius 1 is 0.833 bits per heavy atom. The largest absolute Gasteiger partial charge is 0.483 e.